The number of methoxy groups -OCH3 is 1. The molecule has 20 heavy (non-hydrogen) atoms. The van der Waals surface area contributed by atoms with Gasteiger partial charge in [-0.2, -0.15) is 5.10 Å². The molecule has 0 aromatic carbocycles. The minimum Gasteiger partial charge on any atom is -0.379 e. The van der Waals surface area contributed by atoms with E-state index in [9.17, 15) is 0 Å². The monoisotopic (exact) mass is 301 g/mol. The molecule has 1 unspecified atom stereocenters. The van der Waals surface area contributed by atoms with Crippen molar-refractivity contribution in [1.29, 1.82) is 0 Å². The molecule has 5 heteroatoms. The van der Waals surface area contributed by atoms with Crippen LogP contribution < -0.4 is 5.32 Å². The van der Waals surface area contributed by atoms with Crippen LogP contribution >= 0.6 is 11.6 Å². The molecule has 0 bridgehead atoms. The average Bonchev–Trinajstić information content (AvgIpc) is 2.62. The van der Waals surface area contributed by atoms with Gasteiger partial charge in [0.25, 0.3) is 0 Å². The summed E-state index contributed by atoms with van der Waals surface area (Å²) in [6.45, 7) is 9.42. The zero-order chi connectivity index (χ0) is 15.3. The predicted octanol–water partition coefficient (Wildman–Crippen LogP) is 3.11. The van der Waals surface area contributed by atoms with Crippen molar-refractivity contribution in [2.75, 3.05) is 13.7 Å². The van der Waals surface area contributed by atoms with Crippen LogP contribution in [0.5, 0.6) is 0 Å². The van der Waals surface area contributed by atoms with E-state index in [2.05, 4.69) is 31.2 Å². The lowest BCUT2D eigenvalue weighted by Gasteiger charge is -2.29. The van der Waals surface area contributed by atoms with E-state index >= 15 is 0 Å². The van der Waals surface area contributed by atoms with Gasteiger partial charge in [-0.05, 0) is 46.6 Å². The maximum atomic E-state index is 6.34. The van der Waals surface area contributed by atoms with Gasteiger partial charge in [-0.3, -0.25) is 4.68 Å². The fourth-order valence-corrected chi connectivity index (χ4v) is 2.65. The Kier molecular flexibility index (Phi) is 6.49. The lowest BCUT2D eigenvalue weighted by molar-refractivity contribution is 0.00713. The minimum atomic E-state index is -0.145. The molecule has 0 aliphatic heterocycles. The zero-order valence-electron chi connectivity index (χ0n) is 13.6. The average molecular weight is 302 g/mol. The molecule has 4 nitrogen and oxygen atoms in total. The van der Waals surface area contributed by atoms with Gasteiger partial charge in [0.05, 0.1) is 11.3 Å². The molecule has 0 amide bonds. The molecule has 0 aliphatic carbocycles. The van der Waals surface area contributed by atoms with E-state index in [-0.39, 0.29) is 5.60 Å². The Balaban J connectivity index is 2.83. The topological polar surface area (TPSA) is 39.1 Å². The van der Waals surface area contributed by atoms with Crippen LogP contribution in [0.2, 0.25) is 5.15 Å². The van der Waals surface area contributed by atoms with Crippen LogP contribution in [0.25, 0.3) is 0 Å². The second-order valence-corrected chi connectivity index (χ2v) is 6.36. The van der Waals surface area contributed by atoms with Crippen molar-refractivity contribution in [3.05, 3.63) is 16.4 Å². The van der Waals surface area contributed by atoms with Crippen LogP contribution in [0.15, 0.2) is 0 Å². The summed E-state index contributed by atoms with van der Waals surface area (Å²) in [6.07, 6.45) is 2.93. The second kappa shape index (κ2) is 7.43. The van der Waals surface area contributed by atoms with Gasteiger partial charge in [0, 0.05) is 25.8 Å². The third-order valence-corrected chi connectivity index (χ3v) is 4.17. The van der Waals surface area contributed by atoms with Gasteiger partial charge in [-0.15, -0.1) is 0 Å². The Labute approximate surface area is 127 Å². The lowest BCUT2D eigenvalue weighted by Crippen LogP contribution is -2.39. The van der Waals surface area contributed by atoms with E-state index in [1.165, 1.54) is 0 Å². The normalized spacial score (nSPS) is 13.8. The maximum Gasteiger partial charge on any atom is 0.130 e. The first-order valence-corrected chi connectivity index (χ1v) is 7.65. The van der Waals surface area contributed by atoms with Gasteiger partial charge in [0.1, 0.15) is 5.15 Å². The van der Waals surface area contributed by atoms with Crippen LogP contribution in [0, 0.1) is 6.92 Å². The molecule has 0 fully saturated rings. The molecule has 1 rings (SSSR count). The SMILES string of the molecule is CCCNC(Cc1c(C)nn(C)c1Cl)CC(C)(C)OC. The van der Waals surface area contributed by atoms with E-state index in [0.717, 1.165) is 42.2 Å². The Hall–Kier alpha value is -0.580. The maximum absolute atomic E-state index is 6.34. The van der Waals surface area contributed by atoms with Crippen LogP contribution in [0.4, 0.5) is 0 Å². The third kappa shape index (κ3) is 4.76. The van der Waals surface area contributed by atoms with Gasteiger partial charge >= 0.3 is 0 Å². The van der Waals surface area contributed by atoms with Crippen molar-refractivity contribution in [3.8, 4) is 0 Å². The number of hydrogen-bond donors (Lipinski definition) is 1. The highest BCUT2D eigenvalue weighted by atomic mass is 35.5. The second-order valence-electron chi connectivity index (χ2n) is 6.00. The van der Waals surface area contributed by atoms with E-state index < -0.39 is 0 Å². The molecule has 0 saturated carbocycles. The van der Waals surface area contributed by atoms with Crippen molar-refractivity contribution in [2.24, 2.45) is 7.05 Å². The number of aromatic nitrogens is 2. The van der Waals surface area contributed by atoms with Crippen molar-refractivity contribution < 1.29 is 4.74 Å². The molecule has 1 N–H and O–H groups in total. The molecule has 116 valence electrons. The standard InChI is InChI=1S/C15H28ClN3O/c1-7-8-17-12(10-15(3,4)20-6)9-13-11(2)18-19(5)14(13)16/h12,17H,7-10H2,1-6H3. The molecule has 1 heterocycles. The quantitative estimate of drug-likeness (QED) is 0.802. The van der Waals surface area contributed by atoms with Crippen LogP contribution in [0.1, 0.15) is 44.9 Å². The number of aryl methyl sites for hydroxylation is 2. The summed E-state index contributed by atoms with van der Waals surface area (Å²) in [5.74, 6) is 0. The summed E-state index contributed by atoms with van der Waals surface area (Å²) >= 11 is 6.34. The fourth-order valence-electron chi connectivity index (χ4n) is 2.39. The molecule has 0 saturated heterocycles. The number of nitrogens with one attached hydrogen (secondary N) is 1. The number of halogens is 1. The summed E-state index contributed by atoms with van der Waals surface area (Å²) < 4.78 is 7.30. The largest absolute Gasteiger partial charge is 0.379 e. The van der Waals surface area contributed by atoms with E-state index in [4.69, 9.17) is 16.3 Å². The number of rotatable bonds is 8. The smallest absolute Gasteiger partial charge is 0.130 e. The van der Waals surface area contributed by atoms with Crippen molar-refractivity contribution in [2.45, 2.75) is 58.6 Å². The summed E-state index contributed by atoms with van der Waals surface area (Å²) in [5.41, 5.74) is 2.00. The highest BCUT2D eigenvalue weighted by molar-refractivity contribution is 6.30. The predicted molar refractivity (Wildman–Crippen MR) is 84.4 cm³/mol. The van der Waals surface area contributed by atoms with E-state index in [1.54, 1.807) is 11.8 Å². The van der Waals surface area contributed by atoms with Crippen LogP contribution in [-0.4, -0.2) is 35.1 Å². The van der Waals surface area contributed by atoms with Crippen molar-refractivity contribution >= 4 is 11.6 Å². The highest BCUT2D eigenvalue weighted by Gasteiger charge is 2.24. The summed E-state index contributed by atoms with van der Waals surface area (Å²) in [7, 11) is 3.64. The van der Waals surface area contributed by atoms with Crippen molar-refractivity contribution in [1.82, 2.24) is 15.1 Å². The molecular formula is C15H28ClN3O. The number of hydrogen-bond acceptors (Lipinski definition) is 3. The molecule has 1 aromatic rings. The molecule has 1 atom stereocenters. The first kappa shape index (κ1) is 17.5. The lowest BCUT2D eigenvalue weighted by atomic mass is 9.94. The molecule has 0 radical (unpaired) electrons. The Bertz CT molecular complexity index is 429. The first-order valence-electron chi connectivity index (χ1n) is 7.27. The summed E-state index contributed by atoms with van der Waals surface area (Å²) in [4.78, 5) is 0. The zero-order valence-corrected chi connectivity index (χ0v) is 14.3. The summed E-state index contributed by atoms with van der Waals surface area (Å²) in [6, 6.07) is 0.338. The van der Waals surface area contributed by atoms with E-state index in [1.807, 2.05) is 14.0 Å². The Morgan fingerprint density at radius 3 is 2.55 bits per heavy atom. The first-order chi connectivity index (χ1) is 9.30. The van der Waals surface area contributed by atoms with Crippen molar-refractivity contribution in [3.63, 3.8) is 0 Å². The fraction of sp³-hybridized carbons (Fsp3) is 0.800. The molecular weight excluding hydrogens is 274 g/mol. The molecule has 0 aliphatic rings. The van der Waals surface area contributed by atoms with Crippen LogP contribution in [-0.2, 0) is 18.2 Å². The number of nitrogens with zero attached hydrogens (tertiary/aromatic N) is 2. The Morgan fingerprint density at radius 1 is 1.45 bits per heavy atom. The number of ether oxygens (including phenoxy) is 1. The van der Waals surface area contributed by atoms with Gasteiger partial charge in [-0.25, -0.2) is 0 Å². The van der Waals surface area contributed by atoms with E-state index in [0.29, 0.717) is 6.04 Å². The van der Waals surface area contributed by atoms with Gasteiger partial charge in [-0.1, -0.05) is 18.5 Å². The molecule has 0 spiro atoms. The third-order valence-electron chi connectivity index (χ3n) is 3.69. The Morgan fingerprint density at radius 2 is 2.10 bits per heavy atom. The summed E-state index contributed by atoms with van der Waals surface area (Å²) in [5, 5.41) is 8.72. The van der Waals surface area contributed by atoms with Gasteiger partial charge in [0.2, 0.25) is 0 Å². The minimum absolute atomic E-state index is 0.145. The van der Waals surface area contributed by atoms with Gasteiger partial charge in [0.15, 0.2) is 0 Å². The molecule has 1 aromatic heterocycles. The van der Waals surface area contributed by atoms with Gasteiger partial charge < -0.3 is 10.1 Å². The highest BCUT2D eigenvalue weighted by Crippen LogP contribution is 2.24. The van der Waals surface area contributed by atoms with Crippen LogP contribution in [0.3, 0.4) is 0 Å².